The normalized spacial score (nSPS) is 12.7. The molecule has 0 aliphatic carbocycles. The Labute approximate surface area is 174 Å². The molecule has 29 heavy (non-hydrogen) atoms. The molecule has 1 atom stereocenters. The third-order valence-electron chi connectivity index (χ3n) is 4.04. The van der Waals surface area contributed by atoms with Gasteiger partial charge in [-0.05, 0) is 66.5 Å². The smallest absolute Gasteiger partial charge is 0.408 e. The van der Waals surface area contributed by atoms with Crippen LogP contribution in [0.5, 0.6) is 0 Å². The molecular formula is C22H35N3O4. The predicted octanol–water partition coefficient (Wildman–Crippen LogP) is 3.24. The van der Waals surface area contributed by atoms with E-state index in [-0.39, 0.29) is 12.5 Å². The van der Waals surface area contributed by atoms with Gasteiger partial charge in [-0.15, -0.1) is 0 Å². The summed E-state index contributed by atoms with van der Waals surface area (Å²) in [6.07, 6.45) is -0.679. The van der Waals surface area contributed by atoms with Crippen LogP contribution in [0.25, 0.3) is 0 Å². The molecule has 7 nitrogen and oxygen atoms in total. The van der Waals surface area contributed by atoms with Crippen LogP contribution in [0.15, 0.2) is 18.2 Å². The lowest BCUT2D eigenvalue weighted by molar-refractivity contribution is -0.139. The Morgan fingerprint density at radius 3 is 2.17 bits per heavy atom. The molecule has 0 radical (unpaired) electrons. The number of nitrogens with one attached hydrogen (secondary N) is 2. The number of ether oxygens (including phenoxy) is 1. The molecule has 0 aromatic heterocycles. The number of nitrogens with zero attached hydrogens (tertiary/aromatic N) is 1. The number of rotatable bonds is 5. The van der Waals surface area contributed by atoms with Crippen molar-refractivity contribution in [3.8, 4) is 0 Å². The Morgan fingerprint density at radius 1 is 1.07 bits per heavy atom. The summed E-state index contributed by atoms with van der Waals surface area (Å²) in [4.78, 5) is 39.1. The van der Waals surface area contributed by atoms with Gasteiger partial charge in [0.05, 0.1) is 0 Å². The summed E-state index contributed by atoms with van der Waals surface area (Å²) >= 11 is 0. The molecule has 1 rings (SSSR count). The van der Waals surface area contributed by atoms with E-state index in [1.165, 1.54) is 4.90 Å². The van der Waals surface area contributed by atoms with Gasteiger partial charge in [-0.25, -0.2) is 4.79 Å². The zero-order chi connectivity index (χ0) is 22.6. The second-order valence-corrected chi connectivity index (χ2v) is 9.36. The Kier molecular flexibility index (Phi) is 7.83. The molecule has 0 aliphatic rings. The molecule has 0 bridgehead atoms. The summed E-state index contributed by atoms with van der Waals surface area (Å²) < 4.78 is 5.16. The number of carbonyl (C=O) groups is 3. The average molecular weight is 406 g/mol. The SMILES string of the molecule is Cc1ccc(C)c(C(C(=O)NC(C)(C)C)N(C)C(=O)CNC(=O)OC(C)(C)C)c1. The molecule has 0 aliphatic heterocycles. The second kappa shape index (κ2) is 9.29. The van der Waals surface area contributed by atoms with Crippen molar-refractivity contribution in [1.82, 2.24) is 15.5 Å². The maximum atomic E-state index is 13.1. The molecule has 0 saturated carbocycles. The highest BCUT2D eigenvalue weighted by atomic mass is 16.6. The first-order valence-corrected chi connectivity index (χ1v) is 9.72. The lowest BCUT2D eigenvalue weighted by Gasteiger charge is -2.32. The van der Waals surface area contributed by atoms with Crippen molar-refractivity contribution in [3.05, 3.63) is 34.9 Å². The molecule has 3 amide bonds. The van der Waals surface area contributed by atoms with E-state index in [0.717, 1.165) is 16.7 Å². The van der Waals surface area contributed by atoms with Crippen LogP contribution in [-0.4, -0.2) is 47.5 Å². The van der Waals surface area contributed by atoms with Crippen molar-refractivity contribution in [1.29, 1.82) is 0 Å². The summed E-state index contributed by atoms with van der Waals surface area (Å²) in [7, 11) is 1.56. The topological polar surface area (TPSA) is 87.7 Å². The average Bonchev–Trinajstić information content (AvgIpc) is 2.52. The number of hydrogen-bond acceptors (Lipinski definition) is 4. The van der Waals surface area contributed by atoms with Crippen molar-refractivity contribution in [2.24, 2.45) is 0 Å². The Morgan fingerprint density at radius 2 is 1.66 bits per heavy atom. The molecule has 162 valence electrons. The standard InChI is InChI=1S/C22H35N3O4/c1-14-10-11-15(2)16(12-14)18(19(27)24-21(3,4)5)25(9)17(26)13-23-20(28)29-22(6,7)8/h10-12,18H,13H2,1-9H3,(H,23,28)(H,24,27). The van der Waals surface area contributed by atoms with Crippen LogP contribution in [0.3, 0.4) is 0 Å². The summed E-state index contributed by atoms with van der Waals surface area (Å²) in [5.74, 6) is -0.676. The molecule has 7 heteroatoms. The van der Waals surface area contributed by atoms with E-state index in [4.69, 9.17) is 4.74 Å². The minimum Gasteiger partial charge on any atom is -0.444 e. The van der Waals surface area contributed by atoms with Crippen LogP contribution in [-0.2, 0) is 14.3 Å². The van der Waals surface area contributed by atoms with Crippen molar-refractivity contribution in [2.45, 2.75) is 72.6 Å². The van der Waals surface area contributed by atoms with E-state index in [2.05, 4.69) is 10.6 Å². The van der Waals surface area contributed by atoms with E-state index >= 15 is 0 Å². The van der Waals surface area contributed by atoms with Gasteiger partial charge in [-0.1, -0.05) is 23.8 Å². The van der Waals surface area contributed by atoms with Gasteiger partial charge in [-0.3, -0.25) is 9.59 Å². The number of likely N-dealkylation sites (N-methyl/N-ethyl adjacent to an activating group) is 1. The Hall–Kier alpha value is -2.57. The number of amides is 3. The van der Waals surface area contributed by atoms with Crippen LogP contribution < -0.4 is 10.6 Å². The fourth-order valence-electron chi connectivity index (χ4n) is 2.75. The lowest BCUT2D eigenvalue weighted by Crippen LogP contribution is -2.50. The fourth-order valence-corrected chi connectivity index (χ4v) is 2.75. The van der Waals surface area contributed by atoms with E-state index in [0.29, 0.717) is 0 Å². The maximum Gasteiger partial charge on any atom is 0.408 e. The van der Waals surface area contributed by atoms with Crippen LogP contribution in [0.4, 0.5) is 4.79 Å². The third-order valence-corrected chi connectivity index (χ3v) is 4.04. The summed E-state index contributed by atoms with van der Waals surface area (Å²) in [5, 5.41) is 5.41. The predicted molar refractivity (Wildman–Crippen MR) is 114 cm³/mol. The second-order valence-electron chi connectivity index (χ2n) is 9.36. The van der Waals surface area contributed by atoms with Crippen LogP contribution in [0.2, 0.25) is 0 Å². The minimum absolute atomic E-state index is 0.268. The highest BCUT2D eigenvalue weighted by Crippen LogP contribution is 2.25. The zero-order valence-electron chi connectivity index (χ0n) is 19.1. The molecule has 0 fully saturated rings. The van der Waals surface area contributed by atoms with E-state index < -0.39 is 29.2 Å². The van der Waals surface area contributed by atoms with Gasteiger partial charge < -0.3 is 20.3 Å². The molecule has 0 spiro atoms. The van der Waals surface area contributed by atoms with Crippen molar-refractivity contribution < 1.29 is 19.1 Å². The van der Waals surface area contributed by atoms with Crippen molar-refractivity contribution in [2.75, 3.05) is 13.6 Å². The van der Waals surface area contributed by atoms with Crippen LogP contribution in [0.1, 0.15) is 64.3 Å². The molecule has 0 heterocycles. The molecule has 2 N–H and O–H groups in total. The summed E-state index contributed by atoms with van der Waals surface area (Å²) in [5.41, 5.74) is 1.54. The Bertz CT molecular complexity index is 760. The molecule has 1 aromatic rings. The van der Waals surface area contributed by atoms with Gasteiger partial charge in [-0.2, -0.15) is 0 Å². The number of aryl methyl sites for hydroxylation is 2. The van der Waals surface area contributed by atoms with Crippen molar-refractivity contribution >= 4 is 17.9 Å². The molecule has 0 saturated heterocycles. The van der Waals surface area contributed by atoms with E-state index in [1.807, 2.05) is 52.8 Å². The van der Waals surface area contributed by atoms with Gasteiger partial charge in [0.25, 0.3) is 0 Å². The first-order valence-electron chi connectivity index (χ1n) is 9.72. The molecule has 1 unspecified atom stereocenters. The highest BCUT2D eigenvalue weighted by molar-refractivity contribution is 5.90. The van der Waals surface area contributed by atoms with Gasteiger partial charge in [0.15, 0.2) is 0 Å². The van der Waals surface area contributed by atoms with Gasteiger partial charge in [0.1, 0.15) is 18.2 Å². The number of hydrogen-bond donors (Lipinski definition) is 2. The Balaban J connectivity index is 3.08. The van der Waals surface area contributed by atoms with Crippen molar-refractivity contribution in [3.63, 3.8) is 0 Å². The first-order chi connectivity index (χ1) is 13.1. The summed E-state index contributed by atoms with van der Waals surface area (Å²) in [6, 6.07) is 4.98. The zero-order valence-corrected chi connectivity index (χ0v) is 19.1. The van der Waals surface area contributed by atoms with Gasteiger partial charge in [0.2, 0.25) is 11.8 Å². The van der Waals surface area contributed by atoms with Crippen LogP contribution in [0, 0.1) is 13.8 Å². The van der Waals surface area contributed by atoms with Gasteiger partial charge in [0, 0.05) is 12.6 Å². The highest BCUT2D eigenvalue weighted by Gasteiger charge is 2.32. The number of benzene rings is 1. The number of carbonyl (C=O) groups excluding carboxylic acids is 3. The quantitative estimate of drug-likeness (QED) is 0.787. The van der Waals surface area contributed by atoms with Gasteiger partial charge >= 0.3 is 6.09 Å². The molecule has 1 aromatic carbocycles. The lowest BCUT2D eigenvalue weighted by atomic mass is 9.96. The van der Waals surface area contributed by atoms with E-state index in [1.54, 1.807) is 27.8 Å². The first kappa shape index (κ1) is 24.5. The largest absolute Gasteiger partial charge is 0.444 e. The third kappa shape index (κ3) is 8.13. The minimum atomic E-state index is -0.818. The molecular weight excluding hydrogens is 370 g/mol. The maximum absolute atomic E-state index is 13.1. The number of alkyl carbamates (subject to hydrolysis) is 1. The van der Waals surface area contributed by atoms with E-state index in [9.17, 15) is 14.4 Å². The summed E-state index contributed by atoms with van der Waals surface area (Å²) in [6.45, 7) is 14.5. The monoisotopic (exact) mass is 405 g/mol. The fraction of sp³-hybridized carbons (Fsp3) is 0.591. The van der Waals surface area contributed by atoms with Crippen LogP contribution >= 0.6 is 0 Å².